The lowest BCUT2D eigenvalue weighted by atomic mass is 10.2. The Bertz CT molecular complexity index is 594. The van der Waals surface area contributed by atoms with E-state index in [1.807, 2.05) is 42.8 Å². The average molecular weight is 300 g/mol. The quantitative estimate of drug-likeness (QED) is 0.799. The molecule has 0 spiro atoms. The van der Waals surface area contributed by atoms with E-state index in [2.05, 4.69) is 34.4 Å². The number of carbonyl (C=O) groups is 1. The normalized spacial score (nSPS) is 12.0. The number of para-hydroxylation sites is 1. The van der Waals surface area contributed by atoms with Gasteiger partial charge in [0.2, 0.25) is 5.91 Å². The number of nitrogens with one attached hydrogen (secondary N) is 1. The Morgan fingerprint density at radius 2 is 2.09 bits per heavy atom. The second kappa shape index (κ2) is 7.64. The van der Waals surface area contributed by atoms with E-state index in [0.717, 1.165) is 18.8 Å². The zero-order chi connectivity index (χ0) is 15.9. The molecule has 0 aliphatic heterocycles. The van der Waals surface area contributed by atoms with E-state index in [0.29, 0.717) is 6.54 Å². The monoisotopic (exact) mass is 300 g/mol. The maximum Gasteiger partial charge on any atom is 0.242 e. The zero-order valence-electron chi connectivity index (χ0n) is 13.5. The third-order valence-electron chi connectivity index (χ3n) is 3.83. The summed E-state index contributed by atoms with van der Waals surface area (Å²) in [4.78, 5) is 18.5. The van der Waals surface area contributed by atoms with Crippen molar-refractivity contribution in [3.63, 3.8) is 0 Å². The average Bonchev–Trinajstić information content (AvgIpc) is 2.97. The SMILES string of the molecule is Cc1nccn1C(C)C(=O)NCCCN(C)c1ccccc1. The molecule has 5 nitrogen and oxygen atoms in total. The summed E-state index contributed by atoms with van der Waals surface area (Å²) in [6.07, 6.45) is 4.46. The topological polar surface area (TPSA) is 50.2 Å². The summed E-state index contributed by atoms with van der Waals surface area (Å²) in [7, 11) is 2.06. The predicted molar refractivity (Wildman–Crippen MR) is 89.0 cm³/mol. The first kappa shape index (κ1) is 16.1. The molecule has 1 aromatic heterocycles. The van der Waals surface area contributed by atoms with Crippen LogP contribution in [0.4, 0.5) is 5.69 Å². The highest BCUT2D eigenvalue weighted by molar-refractivity contribution is 5.79. The van der Waals surface area contributed by atoms with Gasteiger partial charge in [-0.3, -0.25) is 4.79 Å². The fourth-order valence-corrected chi connectivity index (χ4v) is 2.41. The van der Waals surface area contributed by atoms with Crippen molar-refractivity contribution in [2.45, 2.75) is 26.3 Å². The summed E-state index contributed by atoms with van der Waals surface area (Å²) >= 11 is 0. The summed E-state index contributed by atoms with van der Waals surface area (Å²) < 4.78 is 1.88. The number of hydrogen-bond donors (Lipinski definition) is 1. The molecule has 1 N–H and O–H groups in total. The molecular formula is C17H24N4O. The summed E-state index contributed by atoms with van der Waals surface area (Å²) in [5.74, 6) is 0.884. The van der Waals surface area contributed by atoms with E-state index >= 15 is 0 Å². The number of rotatable bonds is 7. The first-order valence-corrected chi connectivity index (χ1v) is 7.63. The molecule has 118 valence electrons. The third kappa shape index (κ3) is 4.10. The van der Waals surface area contributed by atoms with Crippen LogP contribution in [0, 0.1) is 6.92 Å². The van der Waals surface area contributed by atoms with Crippen LogP contribution in [0.1, 0.15) is 25.2 Å². The molecule has 2 rings (SSSR count). The van der Waals surface area contributed by atoms with E-state index in [-0.39, 0.29) is 11.9 Å². The van der Waals surface area contributed by atoms with Gasteiger partial charge >= 0.3 is 0 Å². The van der Waals surface area contributed by atoms with Crippen LogP contribution in [-0.4, -0.2) is 35.6 Å². The number of nitrogens with zero attached hydrogens (tertiary/aromatic N) is 3. The Balaban J connectivity index is 1.72. The highest BCUT2D eigenvalue weighted by Gasteiger charge is 2.15. The van der Waals surface area contributed by atoms with Crippen LogP contribution in [-0.2, 0) is 4.79 Å². The molecule has 0 radical (unpaired) electrons. The lowest BCUT2D eigenvalue weighted by molar-refractivity contribution is -0.123. The first-order valence-electron chi connectivity index (χ1n) is 7.63. The second-order valence-electron chi connectivity index (χ2n) is 5.46. The molecule has 0 saturated heterocycles. The van der Waals surface area contributed by atoms with E-state index in [4.69, 9.17) is 0 Å². The lowest BCUT2D eigenvalue weighted by Crippen LogP contribution is -2.33. The van der Waals surface area contributed by atoms with Gasteiger partial charge in [0.1, 0.15) is 11.9 Å². The first-order chi connectivity index (χ1) is 10.6. The number of carbonyl (C=O) groups excluding carboxylic acids is 1. The van der Waals surface area contributed by atoms with E-state index < -0.39 is 0 Å². The van der Waals surface area contributed by atoms with Crippen LogP contribution < -0.4 is 10.2 Å². The van der Waals surface area contributed by atoms with Crippen molar-refractivity contribution < 1.29 is 4.79 Å². The van der Waals surface area contributed by atoms with Gasteiger partial charge in [0.25, 0.3) is 0 Å². The van der Waals surface area contributed by atoms with Crippen molar-refractivity contribution in [1.82, 2.24) is 14.9 Å². The van der Waals surface area contributed by atoms with Crippen molar-refractivity contribution >= 4 is 11.6 Å². The van der Waals surface area contributed by atoms with Crippen molar-refractivity contribution in [2.24, 2.45) is 0 Å². The fourth-order valence-electron chi connectivity index (χ4n) is 2.41. The molecule has 2 aromatic rings. The van der Waals surface area contributed by atoms with E-state index in [1.54, 1.807) is 6.20 Å². The molecule has 5 heteroatoms. The zero-order valence-corrected chi connectivity index (χ0v) is 13.5. The molecule has 22 heavy (non-hydrogen) atoms. The Labute approximate surface area is 132 Å². The van der Waals surface area contributed by atoms with Crippen LogP contribution in [0.25, 0.3) is 0 Å². The van der Waals surface area contributed by atoms with Crippen molar-refractivity contribution in [3.8, 4) is 0 Å². The molecule has 0 bridgehead atoms. The Morgan fingerprint density at radius 1 is 1.36 bits per heavy atom. The molecule has 1 aromatic carbocycles. The second-order valence-corrected chi connectivity index (χ2v) is 5.46. The van der Waals surface area contributed by atoms with Gasteiger partial charge in [-0.2, -0.15) is 0 Å². The van der Waals surface area contributed by atoms with Gasteiger partial charge in [-0.25, -0.2) is 4.98 Å². The number of aryl methyl sites for hydroxylation is 1. The molecule has 1 amide bonds. The molecule has 0 saturated carbocycles. The summed E-state index contributed by atoms with van der Waals surface area (Å²) in [5.41, 5.74) is 1.19. The van der Waals surface area contributed by atoms with Gasteiger partial charge in [-0.1, -0.05) is 18.2 Å². The van der Waals surface area contributed by atoms with Crippen molar-refractivity contribution in [3.05, 3.63) is 48.5 Å². The number of amides is 1. The maximum atomic E-state index is 12.1. The number of benzene rings is 1. The molecule has 0 aliphatic rings. The Morgan fingerprint density at radius 3 is 2.73 bits per heavy atom. The van der Waals surface area contributed by atoms with E-state index in [9.17, 15) is 4.79 Å². The van der Waals surface area contributed by atoms with Crippen LogP contribution in [0.2, 0.25) is 0 Å². The number of hydrogen-bond acceptors (Lipinski definition) is 3. The number of anilines is 1. The molecule has 1 heterocycles. The summed E-state index contributed by atoms with van der Waals surface area (Å²) in [6, 6.07) is 10.0. The van der Waals surface area contributed by atoms with Crippen LogP contribution in [0.3, 0.4) is 0 Å². The van der Waals surface area contributed by atoms with Crippen LogP contribution in [0.15, 0.2) is 42.7 Å². The molecule has 0 aliphatic carbocycles. The minimum Gasteiger partial charge on any atom is -0.375 e. The van der Waals surface area contributed by atoms with Gasteiger partial charge in [0.15, 0.2) is 0 Å². The number of imidazole rings is 1. The molecular weight excluding hydrogens is 276 g/mol. The fraction of sp³-hybridized carbons (Fsp3) is 0.412. The predicted octanol–water partition coefficient (Wildman–Crippen LogP) is 2.40. The Hall–Kier alpha value is -2.30. The van der Waals surface area contributed by atoms with Crippen molar-refractivity contribution in [2.75, 3.05) is 25.0 Å². The largest absolute Gasteiger partial charge is 0.375 e. The lowest BCUT2D eigenvalue weighted by Gasteiger charge is -2.20. The maximum absolute atomic E-state index is 12.1. The van der Waals surface area contributed by atoms with E-state index in [1.165, 1.54) is 5.69 Å². The highest BCUT2D eigenvalue weighted by Crippen LogP contribution is 2.11. The minimum atomic E-state index is -0.227. The summed E-state index contributed by atoms with van der Waals surface area (Å²) in [6.45, 7) is 5.37. The molecule has 1 unspecified atom stereocenters. The standard InChI is InChI=1S/C17H24N4O/c1-14(21-13-11-18-15(21)2)17(22)19-10-7-12-20(3)16-8-5-4-6-9-16/h4-6,8-9,11,13-14H,7,10,12H2,1-3H3,(H,19,22). The van der Waals surface area contributed by atoms with Crippen LogP contribution >= 0.6 is 0 Å². The summed E-state index contributed by atoms with van der Waals surface area (Å²) in [5, 5.41) is 2.99. The third-order valence-corrected chi connectivity index (χ3v) is 3.83. The van der Waals surface area contributed by atoms with Gasteiger partial charge in [0.05, 0.1) is 0 Å². The minimum absolute atomic E-state index is 0.0310. The van der Waals surface area contributed by atoms with Gasteiger partial charge in [0, 0.05) is 38.2 Å². The Kier molecular flexibility index (Phi) is 5.58. The van der Waals surface area contributed by atoms with Crippen molar-refractivity contribution in [1.29, 1.82) is 0 Å². The smallest absolute Gasteiger partial charge is 0.242 e. The molecule has 0 fully saturated rings. The highest BCUT2D eigenvalue weighted by atomic mass is 16.2. The number of aromatic nitrogens is 2. The van der Waals surface area contributed by atoms with Crippen LogP contribution in [0.5, 0.6) is 0 Å². The molecule has 1 atom stereocenters. The van der Waals surface area contributed by atoms with Gasteiger partial charge < -0.3 is 14.8 Å². The van der Waals surface area contributed by atoms with Gasteiger partial charge in [-0.05, 0) is 32.4 Å². The van der Waals surface area contributed by atoms with Gasteiger partial charge in [-0.15, -0.1) is 0 Å².